The van der Waals surface area contributed by atoms with Crippen molar-refractivity contribution in [2.24, 2.45) is 0 Å². The van der Waals surface area contributed by atoms with E-state index in [0.29, 0.717) is 0 Å². The van der Waals surface area contributed by atoms with Crippen molar-refractivity contribution in [3.8, 4) is 0 Å². The number of hydrogen-bond donors (Lipinski definition) is 0. The summed E-state index contributed by atoms with van der Waals surface area (Å²) in [6, 6.07) is 41.7. The lowest BCUT2D eigenvalue weighted by Gasteiger charge is -2.46. The summed E-state index contributed by atoms with van der Waals surface area (Å²) in [5.74, 6) is 0. The Morgan fingerprint density at radius 3 is 1.51 bits per heavy atom. The van der Waals surface area contributed by atoms with Crippen LogP contribution in [-0.4, -0.2) is 6.71 Å². The van der Waals surface area contributed by atoms with E-state index in [-0.39, 0.29) is 44.6 Å². The maximum absolute atomic E-state index is 2.70. The molecule has 0 bridgehead atoms. The second kappa shape index (κ2) is 13.1. The molecule has 2 nitrogen and oxygen atoms in total. The summed E-state index contributed by atoms with van der Waals surface area (Å²) in [7, 11) is 0. The molecule has 3 heteroatoms. The van der Waals surface area contributed by atoms with Gasteiger partial charge in [0.1, 0.15) is 0 Å². The van der Waals surface area contributed by atoms with E-state index < -0.39 is 0 Å². The van der Waals surface area contributed by atoms with E-state index in [2.05, 4.69) is 224 Å². The number of fused-ring (bicyclic) bond motifs is 7. The Kier molecular flexibility index (Phi) is 8.60. The zero-order valence-corrected chi connectivity index (χ0v) is 42.4. The van der Waals surface area contributed by atoms with Crippen molar-refractivity contribution in [1.29, 1.82) is 0 Å². The first kappa shape index (κ1) is 42.6. The minimum absolute atomic E-state index is 0.0457. The molecule has 6 aromatic carbocycles. The van der Waals surface area contributed by atoms with Crippen LogP contribution in [0.25, 0.3) is 0 Å². The van der Waals surface area contributed by atoms with Gasteiger partial charge in [0, 0.05) is 39.5 Å². The van der Waals surface area contributed by atoms with Crippen LogP contribution >= 0.6 is 0 Å². The van der Waals surface area contributed by atoms with Crippen molar-refractivity contribution in [3.05, 3.63) is 159 Å². The number of aryl methyl sites for hydroxylation is 2. The molecular formula is C62H71BN2. The predicted molar refractivity (Wildman–Crippen MR) is 281 cm³/mol. The minimum atomic E-state index is -0.199. The third-order valence-corrected chi connectivity index (χ3v) is 17.4. The summed E-state index contributed by atoms with van der Waals surface area (Å²) in [6.07, 6.45) is 3.43. The average molecular weight is 855 g/mol. The van der Waals surface area contributed by atoms with Gasteiger partial charge in [-0.15, -0.1) is 0 Å². The van der Waals surface area contributed by atoms with Crippen molar-refractivity contribution in [3.63, 3.8) is 0 Å². The third-order valence-electron chi connectivity index (χ3n) is 17.4. The molecule has 11 rings (SSSR count). The normalized spacial score (nSPS) is 20.5. The van der Waals surface area contributed by atoms with Gasteiger partial charge in [-0.25, -0.2) is 0 Å². The molecule has 0 spiro atoms. The van der Waals surface area contributed by atoms with Gasteiger partial charge >= 0.3 is 0 Å². The highest BCUT2D eigenvalue weighted by atomic mass is 15.2. The maximum atomic E-state index is 2.70. The Bertz CT molecular complexity index is 3030. The molecule has 0 amide bonds. The second-order valence-electron chi connectivity index (χ2n) is 25.8. The van der Waals surface area contributed by atoms with Gasteiger partial charge in [-0.2, -0.15) is 0 Å². The summed E-state index contributed by atoms with van der Waals surface area (Å²) in [4.78, 5) is 5.38. The van der Waals surface area contributed by atoms with E-state index in [9.17, 15) is 0 Å². The molecule has 0 N–H and O–H groups in total. The van der Waals surface area contributed by atoms with Gasteiger partial charge in [-0.05, 0) is 180 Å². The molecule has 0 saturated carbocycles. The summed E-state index contributed by atoms with van der Waals surface area (Å²) in [5, 5.41) is 0. The molecule has 0 aromatic heterocycles. The predicted octanol–water partition coefficient (Wildman–Crippen LogP) is 14.6. The Labute approximate surface area is 392 Å². The lowest BCUT2D eigenvalue weighted by Crippen LogP contribution is -2.62. The molecule has 65 heavy (non-hydrogen) atoms. The van der Waals surface area contributed by atoms with E-state index in [1.807, 2.05) is 0 Å². The van der Waals surface area contributed by atoms with Gasteiger partial charge in [0.15, 0.2) is 0 Å². The highest BCUT2D eigenvalue weighted by Crippen LogP contribution is 2.56. The van der Waals surface area contributed by atoms with Crippen molar-refractivity contribution >= 4 is 57.2 Å². The van der Waals surface area contributed by atoms with Crippen LogP contribution in [0.3, 0.4) is 0 Å². The van der Waals surface area contributed by atoms with Crippen molar-refractivity contribution in [2.75, 3.05) is 9.80 Å². The number of hydrogen-bond acceptors (Lipinski definition) is 2. The number of rotatable bonds is 4. The van der Waals surface area contributed by atoms with Crippen LogP contribution < -0.4 is 26.2 Å². The van der Waals surface area contributed by atoms with Gasteiger partial charge in [-0.1, -0.05) is 158 Å². The molecule has 2 aliphatic heterocycles. The fourth-order valence-corrected chi connectivity index (χ4v) is 15.0. The zero-order valence-electron chi connectivity index (χ0n) is 42.4. The quantitative estimate of drug-likeness (QED) is 0.163. The Morgan fingerprint density at radius 2 is 0.908 bits per heavy atom. The highest BCUT2D eigenvalue weighted by molar-refractivity contribution is 7.00. The van der Waals surface area contributed by atoms with E-state index in [1.165, 1.54) is 106 Å². The largest absolute Gasteiger partial charge is 0.311 e. The average Bonchev–Trinajstić information content (AvgIpc) is 3.62. The Balaban J connectivity index is 1.25. The Morgan fingerprint density at radius 1 is 0.415 bits per heavy atom. The van der Waals surface area contributed by atoms with Crippen LogP contribution in [0, 0.1) is 13.8 Å². The van der Waals surface area contributed by atoms with Crippen molar-refractivity contribution in [2.45, 2.75) is 168 Å². The lowest BCUT2D eigenvalue weighted by atomic mass is 9.33. The Hall–Kier alpha value is -5.02. The zero-order chi connectivity index (χ0) is 46.3. The lowest BCUT2D eigenvalue weighted by molar-refractivity contribution is 0.402. The third kappa shape index (κ3) is 5.98. The summed E-state index contributed by atoms with van der Waals surface area (Å²) >= 11 is 0. The molecule has 2 heterocycles. The second-order valence-corrected chi connectivity index (χ2v) is 25.8. The van der Waals surface area contributed by atoms with E-state index >= 15 is 0 Å². The molecule has 0 unspecified atom stereocenters. The van der Waals surface area contributed by atoms with Gasteiger partial charge in [0.05, 0.1) is 0 Å². The molecular weight excluding hydrogens is 784 g/mol. The number of anilines is 6. The molecule has 5 aliphatic rings. The van der Waals surface area contributed by atoms with Crippen LogP contribution in [0.15, 0.2) is 103 Å². The van der Waals surface area contributed by atoms with Crippen LogP contribution in [0.4, 0.5) is 34.1 Å². The summed E-state index contributed by atoms with van der Waals surface area (Å²) in [5.41, 5.74) is 26.7. The maximum Gasteiger partial charge on any atom is 0.252 e. The fraction of sp³-hybridized carbons (Fsp3) is 0.419. The van der Waals surface area contributed by atoms with Crippen LogP contribution in [-0.2, 0) is 37.9 Å². The van der Waals surface area contributed by atoms with Crippen LogP contribution in [0.5, 0.6) is 0 Å². The van der Waals surface area contributed by atoms with Crippen molar-refractivity contribution < 1.29 is 0 Å². The van der Waals surface area contributed by atoms with E-state index in [0.717, 1.165) is 19.3 Å². The first-order chi connectivity index (χ1) is 30.2. The van der Waals surface area contributed by atoms with Crippen molar-refractivity contribution in [1.82, 2.24) is 0 Å². The van der Waals surface area contributed by atoms with E-state index in [1.54, 1.807) is 0 Å². The SMILES string of the molecule is Cc1cc2c3c(c1)N(c1cc4c(cc1C)C(C)(C)CC4(C)C)c1ccc(C(C)(C)c4ccccc4)cc1B3c1cc3c(cc1N2c1ccc2c(c1)C(C)(C)CC2(C)C)C(C)(C)CC3(C)C. The topological polar surface area (TPSA) is 6.48 Å². The first-order valence-electron chi connectivity index (χ1n) is 24.7. The molecule has 0 atom stereocenters. The summed E-state index contributed by atoms with van der Waals surface area (Å²) in [6.45, 7) is 39.1. The smallest absolute Gasteiger partial charge is 0.252 e. The number of nitrogens with zero attached hydrogens (tertiary/aromatic N) is 2. The highest BCUT2D eigenvalue weighted by Gasteiger charge is 2.50. The molecule has 3 aliphatic carbocycles. The first-order valence-corrected chi connectivity index (χ1v) is 24.7. The van der Waals surface area contributed by atoms with Gasteiger partial charge in [0.2, 0.25) is 0 Å². The number of benzene rings is 6. The van der Waals surface area contributed by atoms with Crippen LogP contribution in [0.2, 0.25) is 0 Å². The monoisotopic (exact) mass is 855 g/mol. The van der Waals surface area contributed by atoms with Gasteiger partial charge in [-0.3, -0.25) is 0 Å². The van der Waals surface area contributed by atoms with Crippen LogP contribution in [0.1, 0.15) is 172 Å². The molecule has 0 saturated heterocycles. The van der Waals surface area contributed by atoms with Gasteiger partial charge in [0.25, 0.3) is 6.71 Å². The fourth-order valence-electron chi connectivity index (χ4n) is 15.0. The van der Waals surface area contributed by atoms with E-state index in [4.69, 9.17) is 0 Å². The molecule has 332 valence electrons. The standard InChI is InChI=1S/C62H71BN2/c1-37-26-53-55-54(27-37)65(51-32-46-43(28-38(51)2)57(5,6)35-60(46,11)12)50-25-22-40(62(15,16)39-20-18-17-19-21-39)29-48(50)63(55)49-31-45-47(61(13,14)36-59(45,9)10)33-52(49)64(53)41-23-24-42-44(30-41)58(7,8)34-56(42,3)4/h17-33H,34-36H2,1-16H3. The molecule has 0 fully saturated rings. The molecule has 6 aromatic rings. The molecule has 0 radical (unpaired) electrons. The van der Waals surface area contributed by atoms with Gasteiger partial charge < -0.3 is 9.80 Å². The minimum Gasteiger partial charge on any atom is -0.311 e. The summed E-state index contributed by atoms with van der Waals surface area (Å²) < 4.78 is 0.